The number of esters is 1. The van der Waals surface area contributed by atoms with Gasteiger partial charge in [0.2, 0.25) is 0 Å². The van der Waals surface area contributed by atoms with Gasteiger partial charge in [0.1, 0.15) is 25.5 Å². The fraction of sp³-hybridized carbons (Fsp3) is 0.350. The number of ether oxygens (including phenoxy) is 2. The van der Waals surface area contributed by atoms with Gasteiger partial charge in [0.05, 0.1) is 32.3 Å². The number of carbonyl (C=O) groups excluding carboxylic acids is 1. The quantitative estimate of drug-likeness (QED) is 0.533. The molecule has 2 rings (SSSR count). The van der Waals surface area contributed by atoms with Crippen molar-refractivity contribution in [1.82, 2.24) is 0 Å². The van der Waals surface area contributed by atoms with E-state index in [0.717, 1.165) is 6.07 Å². The van der Waals surface area contributed by atoms with Crippen LogP contribution in [0.3, 0.4) is 0 Å². The molecule has 0 radical (unpaired) electrons. The minimum Gasteiger partial charge on any atom is -0.489 e. The van der Waals surface area contributed by atoms with E-state index >= 15 is 0 Å². The van der Waals surface area contributed by atoms with Gasteiger partial charge in [0.25, 0.3) is 0 Å². The zero-order valence-corrected chi connectivity index (χ0v) is 15.5. The van der Waals surface area contributed by atoms with Crippen molar-refractivity contribution >= 4 is 5.97 Å². The molecule has 0 N–H and O–H groups in total. The number of benzene rings is 2. The van der Waals surface area contributed by atoms with Gasteiger partial charge in [-0.05, 0) is 30.3 Å². The third-order valence-electron chi connectivity index (χ3n) is 3.80. The summed E-state index contributed by atoms with van der Waals surface area (Å²) < 4.78 is 50.3. The predicted molar refractivity (Wildman–Crippen MR) is 95.4 cm³/mol. The maximum Gasteiger partial charge on any atom is 0.416 e. The molecule has 0 aliphatic heterocycles. The van der Waals surface area contributed by atoms with E-state index in [4.69, 9.17) is 9.47 Å². The molecule has 0 aliphatic rings. The molecule has 0 heterocycles. The predicted octanol–water partition coefficient (Wildman–Crippen LogP) is 4.15. The van der Waals surface area contributed by atoms with E-state index in [1.54, 1.807) is 0 Å². The smallest absolute Gasteiger partial charge is 0.416 e. The van der Waals surface area contributed by atoms with E-state index in [1.165, 1.54) is 42.5 Å². The van der Waals surface area contributed by atoms with Crippen LogP contribution in [0.2, 0.25) is 0 Å². The number of halogens is 3. The molecule has 0 saturated heterocycles. The van der Waals surface area contributed by atoms with Crippen LogP contribution in [-0.2, 0) is 17.5 Å². The number of hydrogen-bond donors (Lipinski definition) is 0. The molecule has 2 aromatic carbocycles. The Morgan fingerprint density at radius 1 is 1.00 bits per heavy atom. The highest BCUT2D eigenvalue weighted by molar-refractivity contribution is 5.89. The summed E-state index contributed by atoms with van der Waals surface area (Å²) in [5.41, 5.74) is -0.310. The molecular formula is C20H23F3NO3+. The van der Waals surface area contributed by atoms with Crippen LogP contribution >= 0.6 is 0 Å². The van der Waals surface area contributed by atoms with E-state index in [0.29, 0.717) is 28.9 Å². The van der Waals surface area contributed by atoms with Crippen molar-refractivity contribution in [1.29, 1.82) is 0 Å². The van der Waals surface area contributed by atoms with Gasteiger partial charge < -0.3 is 14.0 Å². The van der Waals surface area contributed by atoms with Crippen molar-refractivity contribution in [2.24, 2.45) is 0 Å². The van der Waals surface area contributed by atoms with Crippen LogP contribution in [0.25, 0.3) is 0 Å². The lowest BCUT2D eigenvalue weighted by molar-refractivity contribution is -0.870. The van der Waals surface area contributed by atoms with Crippen molar-refractivity contribution in [2.75, 3.05) is 34.3 Å². The molecule has 0 saturated carbocycles. The molecular weight excluding hydrogens is 359 g/mol. The molecule has 0 atom stereocenters. The molecule has 0 bridgehead atoms. The van der Waals surface area contributed by atoms with Gasteiger partial charge in [-0.15, -0.1) is 0 Å². The Bertz CT molecular complexity index is 765. The Hall–Kier alpha value is -2.54. The summed E-state index contributed by atoms with van der Waals surface area (Å²) in [4.78, 5) is 12.0. The summed E-state index contributed by atoms with van der Waals surface area (Å²) in [5.74, 6) is -0.0766. The van der Waals surface area contributed by atoms with Crippen molar-refractivity contribution in [3.8, 4) is 5.75 Å². The van der Waals surface area contributed by atoms with Crippen LogP contribution in [-0.4, -0.2) is 44.7 Å². The lowest BCUT2D eigenvalue weighted by Gasteiger charge is -2.23. The van der Waals surface area contributed by atoms with Crippen LogP contribution in [0, 0.1) is 0 Å². The lowest BCUT2D eigenvalue weighted by Crippen LogP contribution is -2.38. The maximum atomic E-state index is 13.0. The average Bonchev–Trinajstić information content (AvgIpc) is 2.58. The molecule has 0 unspecified atom stereocenters. The second-order valence-electron chi connectivity index (χ2n) is 7.12. The number of alkyl halides is 3. The monoisotopic (exact) mass is 382 g/mol. The first-order valence-corrected chi connectivity index (χ1v) is 8.42. The fourth-order valence-corrected chi connectivity index (χ4v) is 2.27. The highest BCUT2D eigenvalue weighted by atomic mass is 19.4. The molecule has 4 nitrogen and oxygen atoms in total. The first-order chi connectivity index (χ1) is 12.6. The fourth-order valence-electron chi connectivity index (χ4n) is 2.27. The van der Waals surface area contributed by atoms with Gasteiger partial charge in [-0.2, -0.15) is 13.2 Å². The van der Waals surface area contributed by atoms with E-state index in [1.807, 2.05) is 21.1 Å². The van der Waals surface area contributed by atoms with Crippen molar-refractivity contribution < 1.29 is 31.9 Å². The molecule has 0 fully saturated rings. The third-order valence-corrected chi connectivity index (χ3v) is 3.80. The van der Waals surface area contributed by atoms with Crippen LogP contribution in [0.4, 0.5) is 13.2 Å². The number of nitrogens with zero attached hydrogens (tertiary/aromatic N) is 1. The molecule has 146 valence electrons. The summed E-state index contributed by atoms with van der Waals surface area (Å²) in [6.07, 6.45) is -4.43. The average molecular weight is 382 g/mol. The second kappa shape index (κ2) is 8.43. The number of likely N-dealkylation sites (N-methyl/N-ethyl adjacent to an activating group) is 1. The topological polar surface area (TPSA) is 35.5 Å². The number of carbonyl (C=O) groups is 1. The van der Waals surface area contributed by atoms with E-state index in [2.05, 4.69) is 0 Å². The standard InChI is InChI=1S/C20H23F3NO3/c1-24(2,3)12-13-26-19(25)15-8-10-17(11-9-15)27-14-16-6-4-5-7-18(16)20(21,22)23/h4-11H,12-14H2,1-3H3/q+1. The zero-order valence-electron chi connectivity index (χ0n) is 15.5. The van der Waals surface area contributed by atoms with Crippen LogP contribution in [0.1, 0.15) is 21.5 Å². The van der Waals surface area contributed by atoms with E-state index < -0.39 is 17.7 Å². The molecule has 0 spiro atoms. The highest BCUT2D eigenvalue weighted by Gasteiger charge is 2.32. The van der Waals surface area contributed by atoms with E-state index in [-0.39, 0.29) is 12.2 Å². The zero-order chi connectivity index (χ0) is 20.1. The number of quaternary nitrogens is 1. The van der Waals surface area contributed by atoms with Gasteiger partial charge in [0, 0.05) is 5.56 Å². The Balaban J connectivity index is 1.94. The highest BCUT2D eigenvalue weighted by Crippen LogP contribution is 2.32. The molecule has 27 heavy (non-hydrogen) atoms. The summed E-state index contributed by atoms with van der Waals surface area (Å²) in [6.45, 7) is 0.767. The molecule has 0 amide bonds. The SMILES string of the molecule is C[N+](C)(C)CCOC(=O)c1ccc(OCc2ccccc2C(F)(F)F)cc1. The lowest BCUT2D eigenvalue weighted by atomic mass is 10.1. The first-order valence-electron chi connectivity index (χ1n) is 8.42. The Morgan fingerprint density at radius 2 is 1.63 bits per heavy atom. The second-order valence-corrected chi connectivity index (χ2v) is 7.12. The number of hydrogen-bond acceptors (Lipinski definition) is 3. The van der Waals surface area contributed by atoms with Gasteiger partial charge in [0.15, 0.2) is 0 Å². The van der Waals surface area contributed by atoms with Crippen LogP contribution in [0.15, 0.2) is 48.5 Å². The minimum atomic E-state index is -4.43. The Morgan fingerprint density at radius 3 is 2.22 bits per heavy atom. The van der Waals surface area contributed by atoms with Gasteiger partial charge >= 0.3 is 12.1 Å². The molecule has 7 heteroatoms. The van der Waals surface area contributed by atoms with Crippen LogP contribution < -0.4 is 4.74 Å². The first kappa shape index (κ1) is 20.8. The van der Waals surface area contributed by atoms with Gasteiger partial charge in [-0.25, -0.2) is 4.79 Å². The summed E-state index contributed by atoms with van der Waals surface area (Å²) in [5, 5.41) is 0. The Kier molecular flexibility index (Phi) is 6.49. The normalized spacial score (nSPS) is 11.9. The molecule has 0 aliphatic carbocycles. The maximum absolute atomic E-state index is 13.0. The third kappa shape index (κ3) is 6.60. The summed E-state index contributed by atoms with van der Waals surface area (Å²) >= 11 is 0. The largest absolute Gasteiger partial charge is 0.489 e. The minimum absolute atomic E-state index is 0.0498. The van der Waals surface area contributed by atoms with Gasteiger partial charge in [-0.1, -0.05) is 18.2 Å². The Labute approximate surface area is 156 Å². The number of rotatable bonds is 7. The van der Waals surface area contributed by atoms with Crippen molar-refractivity contribution in [3.05, 3.63) is 65.2 Å². The van der Waals surface area contributed by atoms with Crippen LogP contribution in [0.5, 0.6) is 5.75 Å². The van der Waals surface area contributed by atoms with Crippen molar-refractivity contribution in [3.63, 3.8) is 0 Å². The van der Waals surface area contributed by atoms with Crippen molar-refractivity contribution in [2.45, 2.75) is 12.8 Å². The molecule has 2 aromatic rings. The summed E-state index contributed by atoms with van der Waals surface area (Å²) in [7, 11) is 5.99. The van der Waals surface area contributed by atoms with Gasteiger partial charge in [-0.3, -0.25) is 0 Å². The summed E-state index contributed by atoms with van der Waals surface area (Å²) in [6, 6.07) is 11.4. The van der Waals surface area contributed by atoms with E-state index in [9.17, 15) is 18.0 Å². The molecule has 0 aromatic heterocycles.